The molecule has 5 N–H and O–H groups in total. The first-order valence-corrected chi connectivity index (χ1v) is 5.46. The number of nitrogens with one attached hydrogen (secondary N) is 1. The second kappa shape index (κ2) is 3.15. The van der Waals surface area contributed by atoms with Crippen molar-refractivity contribution in [1.82, 2.24) is 4.98 Å². The number of aryl methyl sites for hydroxylation is 1. The third kappa shape index (κ3) is 1.27. The molecule has 1 aromatic carbocycles. The highest BCUT2D eigenvalue weighted by Gasteiger charge is 2.20. The number of benzene rings is 1. The lowest BCUT2D eigenvalue weighted by molar-refractivity contribution is 0.405. The quantitative estimate of drug-likeness (QED) is 0.504. The monoisotopic (exact) mass is 218 g/mol. The average molecular weight is 218 g/mol. The largest absolute Gasteiger partial charge is 0.504 e. The van der Waals surface area contributed by atoms with Crippen LogP contribution in [-0.2, 0) is 12.8 Å². The Morgan fingerprint density at radius 3 is 2.81 bits per heavy atom. The summed E-state index contributed by atoms with van der Waals surface area (Å²) in [5, 5.41) is 19.9. The van der Waals surface area contributed by atoms with Gasteiger partial charge in [0.2, 0.25) is 0 Å². The van der Waals surface area contributed by atoms with Crippen LogP contribution in [0, 0.1) is 0 Å². The predicted octanol–water partition coefficient (Wildman–Crippen LogP) is 1.40. The summed E-state index contributed by atoms with van der Waals surface area (Å²) in [5.41, 5.74) is 9.18. The summed E-state index contributed by atoms with van der Waals surface area (Å²) in [4.78, 5) is 3.28. The van der Waals surface area contributed by atoms with Crippen molar-refractivity contribution in [3.63, 3.8) is 0 Å². The van der Waals surface area contributed by atoms with Gasteiger partial charge in [0.15, 0.2) is 11.5 Å². The normalized spacial score (nSPS) is 19.9. The molecule has 1 aliphatic carbocycles. The van der Waals surface area contributed by atoms with Gasteiger partial charge in [0, 0.05) is 28.7 Å². The van der Waals surface area contributed by atoms with Gasteiger partial charge in [-0.05, 0) is 30.9 Å². The molecule has 0 bridgehead atoms. The zero-order valence-electron chi connectivity index (χ0n) is 8.83. The first kappa shape index (κ1) is 9.54. The minimum absolute atomic E-state index is 0.0755. The van der Waals surface area contributed by atoms with Gasteiger partial charge in [-0.25, -0.2) is 0 Å². The van der Waals surface area contributed by atoms with Crippen molar-refractivity contribution in [1.29, 1.82) is 0 Å². The van der Waals surface area contributed by atoms with Gasteiger partial charge in [-0.3, -0.25) is 0 Å². The second-order valence-corrected chi connectivity index (χ2v) is 4.47. The molecule has 0 saturated heterocycles. The van der Waals surface area contributed by atoms with Gasteiger partial charge >= 0.3 is 0 Å². The molecule has 0 spiro atoms. The van der Waals surface area contributed by atoms with Gasteiger partial charge in [0.1, 0.15) is 0 Å². The fourth-order valence-corrected chi connectivity index (χ4v) is 2.47. The van der Waals surface area contributed by atoms with Crippen molar-refractivity contribution < 1.29 is 10.2 Å². The van der Waals surface area contributed by atoms with Crippen molar-refractivity contribution in [2.75, 3.05) is 0 Å². The highest BCUT2D eigenvalue weighted by molar-refractivity contribution is 5.88. The average Bonchev–Trinajstić information content (AvgIpc) is 2.57. The fourth-order valence-electron chi connectivity index (χ4n) is 2.47. The Balaban J connectivity index is 2.27. The number of fused-ring (bicyclic) bond motifs is 3. The molecule has 0 radical (unpaired) electrons. The maximum atomic E-state index is 9.51. The van der Waals surface area contributed by atoms with Crippen LogP contribution >= 0.6 is 0 Å². The molecule has 0 amide bonds. The van der Waals surface area contributed by atoms with Crippen LogP contribution in [0.15, 0.2) is 12.1 Å². The van der Waals surface area contributed by atoms with E-state index in [0.717, 1.165) is 30.2 Å². The van der Waals surface area contributed by atoms with Crippen molar-refractivity contribution >= 4 is 10.9 Å². The number of aromatic nitrogens is 1. The molecule has 0 saturated carbocycles. The fraction of sp³-hybridized carbons (Fsp3) is 0.333. The van der Waals surface area contributed by atoms with Gasteiger partial charge in [0.05, 0.1) is 0 Å². The summed E-state index contributed by atoms with van der Waals surface area (Å²) >= 11 is 0. The lowest BCUT2D eigenvalue weighted by Crippen LogP contribution is -2.27. The van der Waals surface area contributed by atoms with Gasteiger partial charge in [-0.2, -0.15) is 0 Å². The van der Waals surface area contributed by atoms with Crippen LogP contribution in [-0.4, -0.2) is 21.2 Å². The molecular formula is C12H14N2O2. The van der Waals surface area contributed by atoms with Crippen molar-refractivity contribution in [2.24, 2.45) is 5.73 Å². The lowest BCUT2D eigenvalue weighted by Gasteiger charge is -2.18. The Labute approximate surface area is 92.7 Å². The van der Waals surface area contributed by atoms with E-state index in [1.807, 2.05) is 0 Å². The molecule has 1 aliphatic rings. The molecule has 1 unspecified atom stereocenters. The summed E-state index contributed by atoms with van der Waals surface area (Å²) in [5.74, 6) is -0.163. The van der Waals surface area contributed by atoms with Gasteiger partial charge in [0.25, 0.3) is 0 Å². The van der Waals surface area contributed by atoms with Crippen LogP contribution < -0.4 is 5.73 Å². The van der Waals surface area contributed by atoms with E-state index >= 15 is 0 Å². The Morgan fingerprint density at radius 1 is 1.25 bits per heavy atom. The summed E-state index contributed by atoms with van der Waals surface area (Å²) in [6.45, 7) is 0. The minimum Gasteiger partial charge on any atom is -0.504 e. The van der Waals surface area contributed by atoms with Crippen LogP contribution in [0.4, 0.5) is 0 Å². The topological polar surface area (TPSA) is 82.3 Å². The molecule has 16 heavy (non-hydrogen) atoms. The summed E-state index contributed by atoms with van der Waals surface area (Å²) in [6.07, 6.45) is 2.75. The number of phenolic OH excluding ortho intramolecular Hbond substituents is 2. The van der Waals surface area contributed by atoms with Crippen LogP contribution in [0.1, 0.15) is 17.7 Å². The highest BCUT2D eigenvalue weighted by Crippen LogP contribution is 2.35. The molecule has 1 heterocycles. The van der Waals surface area contributed by atoms with Crippen LogP contribution in [0.3, 0.4) is 0 Å². The van der Waals surface area contributed by atoms with E-state index in [-0.39, 0.29) is 17.5 Å². The van der Waals surface area contributed by atoms with E-state index in [9.17, 15) is 10.2 Å². The number of rotatable bonds is 0. The smallest absolute Gasteiger partial charge is 0.159 e. The van der Waals surface area contributed by atoms with Gasteiger partial charge < -0.3 is 20.9 Å². The van der Waals surface area contributed by atoms with E-state index < -0.39 is 0 Å². The predicted molar refractivity (Wildman–Crippen MR) is 61.6 cm³/mol. The van der Waals surface area contributed by atoms with E-state index in [1.54, 1.807) is 12.1 Å². The SMILES string of the molecule is NC1CCc2[nH]c3cc(O)c(O)cc3c2C1. The van der Waals surface area contributed by atoms with Crippen molar-refractivity contribution in [2.45, 2.75) is 25.3 Å². The van der Waals surface area contributed by atoms with Crippen molar-refractivity contribution in [3.05, 3.63) is 23.4 Å². The second-order valence-electron chi connectivity index (χ2n) is 4.47. The first-order valence-electron chi connectivity index (χ1n) is 5.46. The highest BCUT2D eigenvalue weighted by atomic mass is 16.3. The molecule has 3 rings (SSSR count). The molecule has 84 valence electrons. The lowest BCUT2D eigenvalue weighted by atomic mass is 9.92. The molecule has 0 fully saturated rings. The van der Waals surface area contributed by atoms with E-state index in [2.05, 4.69) is 4.98 Å². The standard InChI is InChI=1S/C12H14N2O2/c13-6-1-2-9-7(3-6)8-4-11(15)12(16)5-10(8)14-9/h4-6,14-16H,1-3,13H2. The Kier molecular flexibility index (Phi) is 1.88. The summed E-state index contributed by atoms with van der Waals surface area (Å²) in [7, 11) is 0. The first-order chi connectivity index (χ1) is 7.65. The third-order valence-electron chi connectivity index (χ3n) is 3.32. The maximum absolute atomic E-state index is 9.51. The van der Waals surface area contributed by atoms with Gasteiger partial charge in [-0.15, -0.1) is 0 Å². The number of hydrogen-bond donors (Lipinski definition) is 4. The number of hydrogen-bond acceptors (Lipinski definition) is 3. The molecule has 0 aliphatic heterocycles. The molecular weight excluding hydrogens is 204 g/mol. The number of aromatic amines is 1. The van der Waals surface area contributed by atoms with Crippen molar-refractivity contribution in [3.8, 4) is 11.5 Å². The zero-order chi connectivity index (χ0) is 11.3. The Morgan fingerprint density at radius 2 is 2.00 bits per heavy atom. The number of H-pyrrole nitrogens is 1. The third-order valence-corrected chi connectivity index (χ3v) is 3.32. The summed E-state index contributed by atoms with van der Waals surface area (Å²) in [6, 6.07) is 3.37. The zero-order valence-corrected chi connectivity index (χ0v) is 8.83. The van der Waals surface area contributed by atoms with Crippen LogP contribution in [0.5, 0.6) is 11.5 Å². The van der Waals surface area contributed by atoms with Crippen LogP contribution in [0.25, 0.3) is 10.9 Å². The molecule has 4 heteroatoms. The Hall–Kier alpha value is -1.68. The Bertz CT molecular complexity index is 560. The number of phenols is 2. The molecule has 1 atom stereocenters. The van der Waals surface area contributed by atoms with Gasteiger partial charge in [-0.1, -0.05) is 0 Å². The van der Waals surface area contributed by atoms with E-state index in [0.29, 0.717) is 0 Å². The number of nitrogens with two attached hydrogens (primary N) is 1. The molecule has 2 aromatic rings. The van der Waals surface area contributed by atoms with Crippen LogP contribution in [0.2, 0.25) is 0 Å². The molecule has 4 nitrogen and oxygen atoms in total. The summed E-state index contributed by atoms with van der Waals surface area (Å²) < 4.78 is 0. The molecule has 1 aromatic heterocycles. The maximum Gasteiger partial charge on any atom is 0.159 e. The number of aromatic hydroxyl groups is 2. The van der Waals surface area contributed by atoms with E-state index in [4.69, 9.17) is 5.73 Å². The van der Waals surface area contributed by atoms with E-state index in [1.165, 1.54) is 11.3 Å². The minimum atomic E-state index is -0.0876.